The molecule has 0 spiro atoms. The van der Waals surface area contributed by atoms with Crippen molar-refractivity contribution >= 4 is 23.2 Å². The van der Waals surface area contributed by atoms with Gasteiger partial charge in [0.05, 0.1) is 6.04 Å². The van der Waals surface area contributed by atoms with Crippen LogP contribution in [0, 0.1) is 20.8 Å². The van der Waals surface area contributed by atoms with E-state index in [9.17, 15) is 0 Å². The van der Waals surface area contributed by atoms with Crippen molar-refractivity contribution in [3.05, 3.63) is 68.2 Å². The summed E-state index contributed by atoms with van der Waals surface area (Å²) in [4.78, 5) is 0. The molecule has 1 atom stereocenters. The summed E-state index contributed by atoms with van der Waals surface area (Å²) in [6, 6.07) is 9.85. The molecule has 2 rings (SSSR count). The van der Waals surface area contributed by atoms with Crippen LogP contribution >= 0.6 is 23.2 Å². The molecule has 0 aliphatic rings. The molecular weight excluding hydrogens is 303 g/mol. The molecule has 112 valence electrons. The van der Waals surface area contributed by atoms with Gasteiger partial charge in [-0.15, -0.1) is 0 Å². The first-order valence-corrected chi connectivity index (χ1v) is 7.65. The Bertz CT molecular complexity index is 630. The smallest absolute Gasteiger partial charge is 0.0515 e. The summed E-state index contributed by atoms with van der Waals surface area (Å²) in [6.07, 6.45) is 0.787. The van der Waals surface area contributed by atoms with Crippen molar-refractivity contribution in [1.82, 2.24) is 5.43 Å². The number of halogens is 2. The maximum atomic E-state index is 6.29. The van der Waals surface area contributed by atoms with E-state index in [0.29, 0.717) is 10.0 Å². The summed E-state index contributed by atoms with van der Waals surface area (Å²) in [5.74, 6) is 5.75. The number of nitrogens with two attached hydrogens (primary N) is 1. The normalized spacial score (nSPS) is 12.5. The molecule has 0 saturated heterocycles. The van der Waals surface area contributed by atoms with Crippen molar-refractivity contribution in [2.75, 3.05) is 0 Å². The quantitative estimate of drug-likeness (QED) is 0.634. The Labute approximate surface area is 136 Å². The molecule has 21 heavy (non-hydrogen) atoms. The lowest BCUT2D eigenvalue weighted by atomic mass is 9.92. The highest BCUT2D eigenvalue weighted by Gasteiger charge is 2.16. The third-order valence-corrected chi connectivity index (χ3v) is 4.35. The molecule has 2 aromatic carbocycles. The zero-order chi connectivity index (χ0) is 15.6. The number of hydrogen-bond acceptors (Lipinski definition) is 2. The first-order valence-electron chi connectivity index (χ1n) is 6.90. The number of hydrazine groups is 1. The zero-order valence-electron chi connectivity index (χ0n) is 12.5. The van der Waals surface area contributed by atoms with Gasteiger partial charge in [-0.1, -0.05) is 47.0 Å². The van der Waals surface area contributed by atoms with Gasteiger partial charge in [-0.2, -0.15) is 0 Å². The van der Waals surface area contributed by atoms with Crippen LogP contribution in [0.2, 0.25) is 10.0 Å². The van der Waals surface area contributed by atoms with E-state index in [1.54, 1.807) is 6.07 Å². The van der Waals surface area contributed by atoms with Crippen LogP contribution in [0.5, 0.6) is 0 Å². The van der Waals surface area contributed by atoms with Crippen molar-refractivity contribution in [3.8, 4) is 0 Å². The van der Waals surface area contributed by atoms with Crippen molar-refractivity contribution in [1.29, 1.82) is 0 Å². The van der Waals surface area contributed by atoms with E-state index in [0.717, 1.165) is 12.0 Å². The highest BCUT2D eigenvalue weighted by atomic mass is 35.5. The fraction of sp³-hybridized carbons (Fsp3) is 0.294. The Kier molecular flexibility index (Phi) is 5.28. The van der Waals surface area contributed by atoms with Crippen LogP contribution in [0.3, 0.4) is 0 Å². The lowest BCUT2D eigenvalue weighted by molar-refractivity contribution is 0.550. The predicted molar refractivity (Wildman–Crippen MR) is 90.9 cm³/mol. The Morgan fingerprint density at radius 1 is 1.05 bits per heavy atom. The maximum Gasteiger partial charge on any atom is 0.0515 e. The molecule has 0 radical (unpaired) electrons. The van der Waals surface area contributed by atoms with Crippen LogP contribution in [0.1, 0.15) is 33.9 Å². The van der Waals surface area contributed by atoms with E-state index < -0.39 is 0 Å². The average Bonchev–Trinajstić information content (AvgIpc) is 2.39. The minimum absolute atomic E-state index is 0.0464. The molecule has 0 heterocycles. The molecule has 0 saturated carbocycles. The Morgan fingerprint density at radius 2 is 1.67 bits per heavy atom. The summed E-state index contributed by atoms with van der Waals surface area (Å²) in [6.45, 7) is 6.37. The van der Waals surface area contributed by atoms with Gasteiger partial charge >= 0.3 is 0 Å². The lowest BCUT2D eigenvalue weighted by Gasteiger charge is -2.21. The van der Waals surface area contributed by atoms with E-state index in [4.69, 9.17) is 29.0 Å². The van der Waals surface area contributed by atoms with E-state index >= 15 is 0 Å². The van der Waals surface area contributed by atoms with Crippen molar-refractivity contribution in [2.45, 2.75) is 33.2 Å². The number of nitrogens with one attached hydrogen (secondary N) is 1. The first kappa shape index (κ1) is 16.3. The van der Waals surface area contributed by atoms with Crippen LogP contribution in [0.25, 0.3) is 0 Å². The predicted octanol–water partition coefficient (Wildman–Crippen LogP) is 4.67. The Morgan fingerprint density at radius 3 is 2.19 bits per heavy atom. The molecule has 4 heteroatoms. The van der Waals surface area contributed by atoms with Gasteiger partial charge in [-0.05, 0) is 61.6 Å². The second-order valence-electron chi connectivity index (χ2n) is 5.47. The molecule has 0 fully saturated rings. The van der Waals surface area contributed by atoms with Gasteiger partial charge < -0.3 is 0 Å². The number of hydrogen-bond donors (Lipinski definition) is 2. The van der Waals surface area contributed by atoms with Crippen molar-refractivity contribution in [2.24, 2.45) is 5.84 Å². The molecule has 1 unspecified atom stereocenters. The first-order chi connectivity index (χ1) is 9.92. The van der Waals surface area contributed by atoms with Gasteiger partial charge in [0.1, 0.15) is 0 Å². The molecule has 3 N–H and O–H groups in total. The van der Waals surface area contributed by atoms with Gasteiger partial charge in [0.2, 0.25) is 0 Å². The highest BCUT2D eigenvalue weighted by Crippen LogP contribution is 2.30. The van der Waals surface area contributed by atoms with Crippen LogP contribution in [-0.2, 0) is 6.42 Å². The number of aryl methyl sites for hydroxylation is 3. The van der Waals surface area contributed by atoms with Gasteiger partial charge in [0.25, 0.3) is 0 Å². The fourth-order valence-electron chi connectivity index (χ4n) is 2.78. The van der Waals surface area contributed by atoms with Crippen LogP contribution in [0.4, 0.5) is 0 Å². The van der Waals surface area contributed by atoms with Crippen LogP contribution in [-0.4, -0.2) is 0 Å². The number of benzene rings is 2. The van der Waals surface area contributed by atoms with E-state index in [2.05, 4.69) is 38.3 Å². The van der Waals surface area contributed by atoms with Gasteiger partial charge in [-0.3, -0.25) is 11.3 Å². The second kappa shape index (κ2) is 6.80. The molecule has 2 aromatic rings. The summed E-state index contributed by atoms with van der Waals surface area (Å²) in [7, 11) is 0. The molecule has 0 amide bonds. The van der Waals surface area contributed by atoms with E-state index in [1.165, 1.54) is 22.3 Å². The topological polar surface area (TPSA) is 38.0 Å². The van der Waals surface area contributed by atoms with Crippen LogP contribution in [0.15, 0.2) is 30.3 Å². The molecule has 0 bridgehead atoms. The van der Waals surface area contributed by atoms with E-state index in [-0.39, 0.29) is 6.04 Å². The van der Waals surface area contributed by atoms with Crippen molar-refractivity contribution in [3.63, 3.8) is 0 Å². The third kappa shape index (κ3) is 3.78. The summed E-state index contributed by atoms with van der Waals surface area (Å²) in [5, 5.41) is 1.26. The largest absolute Gasteiger partial charge is 0.271 e. The molecule has 2 nitrogen and oxygen atoms in total. The zero-order valence-corrected chi connectivity index (χ0v) is 14.0. The van der Waals surface area contributed by atoms with Crippen LogP contribution < -0.4 is 11.3 Å². The summed E-state index contributed by atoms with van der Waals surface area (Å²) in [5.41, 5.74) is 8.96. The van der Waals surface area contributed by atoms with Crippen molar-refractivity contribution < 1.29 is 0 Å². The molecule has 0 aromatic heterocycles. The monoisotopic (exact) mass is 322 g/mol. The summed E-state index contributed by atoms with van der Waals surface area (Å²) < 4.78 is 0. The Hall–Kier alpha value is -1.06. The second-order valence-corrected chi connectivity index (χ2v) is 6.31. The maximum absolute atomic E-state index is 6.29. The number of rotatable bonds is 4. The SMILES string of the molecule is Cc1cc(C)c(CC(NN)c2ccc(Cl)cc2Cl)c(C)c1. The van der Waals surface area contributed by atoms with Gasteiger partial charge in [0, 0.05) is 10.0 Å². The standard InChI is InChI=1S/C17H20Cl2N2/c1-10-6-11(2)15(12(3)7-10)9-17(21-20)14-5-4-13(18)8-16(14)19/h4-8,17,21H,9,20H2,1-3H3. The summed E-state index contributed by atoms with van der Waals surface area (Å²) >= 11 is 12.3. The fourth-order valence-corrected chi connectivity index (χ4v) is 3.32. The van der Waals surface area contributed by atoms with Gasteiger partial charge in [-0.25, -0.2) is 0 Å². The minimum Gasteiger partial charge on any atom is -0.271 e. The molecule has 0 aliphatic carbocycles. The van der Waals surface area contributed by atoms with E-state index in [1.807, 2.05) is 12.1 Å². The molecule has 0 aliphatic heterocycles. The van der Waals surface area contributed by atoms with Gasteiger partial charge in [0.15, 0.2) is 0 Å². The molecular formula is C17H20Cl2N2. The lowest BCUT2D eigenvalue weighted by Crippen LogP contribution is -2.30. The third-order valence-electron chi connectivity index (χ3n) is 3.79. The highest BCUT2D eigenvalue weighted by molar-refractivity contribution is 6.35. The Balaban J connectivity index is 2.36. The minimum atomic E-state index is -0.0464. The average molecular weight is 323 g/mol.